The Balaban J connectivity index is 1.91. The fourth-order valence-electron chi connectivity index (χ4n) is 1.91. The zero-order valence-corrected chi connectivity index (χ0v) is 8.91. The van der Waals surface area contributed by atoms with Crippen molar-refractivity contribution in [2.45, 2.75) is 18.8 Å². The van der Waals surface area contributed by atoms with Crippen LogP contribution in [0, 0.1) is 11.9 Å². The van der Waals surface area contributed by atoms with Gasteiger partial charge in [0.25, 0.3) is 0 Å². The minimum atomic E-state index is -0.192. The van der Waals surface area contributed by atoms with Crippen molar-refractivity contribution < 1.29 is 4.39 Å². The molecule has 0 aromatic heterocycles. The standard InChI is InChI=1S/C15H12F/c16-15-9-7-14(8-10-15)13-5-3-12(4-6-13)11-1-2-11/h3,5-11H,1-2H2. The Morgan fingerprint density at radius 1 is 0.938 bits per heavy atom. The zero-order valence-electron chi connectivity index (χ0n) is 8.91. The first kappa shape index (κ1) is 9.59. The Hall–Kier alpha value is -1.63. The van der Waals surface area contributed by atoms with Gasteiger partial charge in [0.1, 0.15) is 5.82 Å². The van der Waals surface area contributed by atoms with Crippen LogP contribution in [-0.2, 0) is 0 Å². The van der Waals surface area contributed by atoms with Gasteiger partial charge in [0.2, 0.25) is 0 Å². The average molecular weight is 211 g/mol. The van der Waals surface area contributed by atoms with Gasteiger partial charge in [0, 0.05) is 0 Å². The number of rotatable bonds is 2. The average Bonchev–Trinajstić information content (AvgIpc) is 3.14. The van der Waals surface area contributed by atoms with Crippen LogP contribution >= 0.6 is 0 Å². The van der Waals surface area contributed by atoms with Gasteiger partial charge in [-0.2, -0.15) is 0 Å². The topological polar surface area (TPSA) is 0 Å². The fraction of sp³-hybridized carbons (Fsp3) is 0.200. The van der Waals surface area contributed by atoms with Crippen molar-refractivity contribution in [2.24, 2.45) is 0 Å². The summed E-state index contributed by atoms with van der Waals surface area (Å²) in [7, 11) is 0. The molecule has 0 amide bonds. The van der Waals surface area contributed by atoms with E-state index in [0.717, 1.165) is 17.0 Å². The third-order valence-corrected chi connectivity index (χ3v) is 3.03. The maximum atomic E-state index is 12.8. The summed E-state index contributed by atoms with van der Waals surface area (Å²) in [4.78, 5) is 0. The monoisotopic (exact) mass is 211 g/mol. The van der Waals surface area contributed by atoms with Crippen molar-refractivity contribution in [3.05, 3.63) is 59.9 Å². The van der Waals surface area contributed by atoms with Gasteiger partial charge >= 0.3 is 0 Å². The van der Waals surface area contributed by atoms with Gasteiger partial charge in [-0.3, -0.25) is 0 Å². The lowest BCUT2D eigenvalue weighted by atomic mass is 10.0. The normalized spacial score (nSPS) is 15.1. The van der Waals surface area contributed by atoms with E-state index in [9.17, 15) is 4.39 Å². The van der Waals surface area contributed by atoms with Gasteiger partial charge in [0.15, 0.2) is 0 Å². The number of hydrogen-bond donors (Lipinski definition) is 0. The molecule has 0 bridgehead atoms. The van der Waals surface area contributed by atoms with E-state index in [-0.39, 0.29) is 5.82 Å². The lowest BCUT2D eigenvalue weighted by Gasteiger charge is -2.03. The van der Waals surface area contributed by atoms with E-state index in [1.165, 1.54) is 30.5 Å². The summed E-state index contributed by atoms with van der Waals surface area (Å²) >= 11 is 0. The second kappa shape index (κ2) is 3.75. The first-order valence-corrected chi connectivity index (χ1v) is 5.60. The van der Waals surface area contributed by atoms with Gasteiger partial charge in [-0.25, -0.2) is 4.39 Å². The minimum absolute atomic E-state index is 0.192. The molecule has 0 spiro atoms. The van der Waals surface area contributed by atoms with E-state index in [0.29, 0.717) is 0 Å². The van der Waals surface area contributed by atoms with E-state index >= 15 is 0 Å². The number of benzene rings is 2. The van der Waals surface area contributed by atoms with Crippen LogP contribution in [0.3, 0.4) is 0 Å². The predicted octanol–water partition coefficient (Wildman–Crippen LogP) is 4.17. The highest BCUT2D eigenvalue weighted by atomic mass is 19.1. The second-order valence-electron chi connectivity index (χ2n) is 4.31. The van der Waals surface area contributed by atoms with Gasteiger partial charge in [-0.15, -0.1) is 0 Å². The van der Waals surface area contributed by atoms with Crippen LogP contribution in [0.15, 0.2) is 42.5 Å². The lowest BCUT2D eigenvalue weighted by molar-refractivity contribution is 0.628. The third kappa shape index (κ3) is 1.85. The summed E-state index contributed by atoms with van der Waals surface area (Å²) in [6, 6.07) is 16.1. The Morgan fingerprint density at radius 3 is 2.19 bits per heavy atom. The van der Waals surface area contributed by atoms with Gasteiger partial charge in [0.05, 0.1) is 0 Å². The molecule has 0 N–H and O–H groups in total. The van der Waals surface area contributed by atoms with Gasteiger partial charge in [-0.05, 0) is 59.7 Å². The maximum Gasteiger partial charge on any atom is 0.123 e. The van der Waals surface area contributed by atoms with Crippen molar-refractivity contribution in [1.29, 1.82) is 0 Å². The Kier molecular flexibility index (Phi) is 2.24. The molecule has 0 nitrogen and oxygen atoms in total. The molecule has 2 aromatic rings. The summed E-state index contributed by atoms with van der Waals surface area (Å²) < 4.78 is 12.8. The molecular formula is C15H12F. The molecule has 1 aliphatic rings. The van der Waals surface area contributed by atoms with Crippen LogP contribution in [0.1, 0.15) is 24.3 Å². The predicted molar refractivity (Wildman–Crippen MR) is 62.6 cm³/mol. The Bertz CT molecular complexity index is 478. The van der Waals surface area contributed by atoms with E-state index in [4.69, 9.17) is 0 Å². The van der Waals surface area contributed by atoms with Gasteiger partial charge < -0.3 is 0 Å². The molecule has 0 unspecified atom stereocenters. The summed E-state index contributed by atoms with van der Waals surface area (Å²) in [6.45, 7) is 0. The third-order valence-electron chi connectivity index (χ3n) is 3.03. The molecule has 1 fully saturated rings. The molecule has 0 aliphatic heterocycles. The molecule has 1 radical (unpaired) electrons. The largest absolute Gasteiger partial charge is 0.207 e. The molecule has 16 heavy (non-hydrogen) atoms. The lowest BCUT2D eigenvalue weighted by Crippen LogP contribution is -1.82. The Labute approximate surface area is 94.7 Å². The molecule has 1 heteroatoms. The molecule has 1 aliphatic carbocycles. The summed E-state index contributed by atoms with van der Waals surface area (Å²) in [5.74, 6) is 0.546. The molecule has 2 aromatic carbocycles. The maximum absolute atomic E-state index is 12.8. The first-order chi connectivity index (χ1) is 7.83. The minimum Gasteiger partial charge on any atom is -0.207 e. The molecule has 1 saturated carbocycles. The van der Waals surface area contributed by atoms with Crippen molar-refractivity contribution in [3.8, 4) is 11.1 Å². The van der Waals surface area contributed by atoms with Crippen LogP contribution in [0.5, 0.6) is 0 Å². The zero-order chi connectivity index (χ0) is 11.0. The molecule has 3 rings (SSSR count). The Morgan fingerprint density at radius 2 is 1.62 bits per heavy atom. The molecule has 0 saturated heterocycles. The van der Waals surface area contributed by atoms with Crippen LogP contribution in [-0.4, -0.2) is 0 Å². The molecule has 79 valence electrons. The van der Waals surface area contributed by atoms with Crippen molar-refractivity contribution >= 4 is 0 Å². The van der Waals surface area contributed by atoms with Crippen LogP contribution in [0.25, 0.3) is 11.1 Å². The van der Waals surface area contributed by atoms with Crippen LogP contribution in [0.4, 0.5) is 4.39 Å². The van der Waals surface area contributed by atoms with E-state index < -0.39 is 0 Å². The first-order valence-electron chi connectivity index (χ1n) is 5.60. The number of halogens is 1. The van der Waals surface area contributed by atoms with Crippen LogP contribution < -0.4 is 0 Å². The van der Waals surface area contributed by atoms with E-state index in [2.05, 4.69) is 18.2 Å². The van der Waals surface area contributed by atoms with Crippen molar-refractivity contribution in [1.82, 2.24) is 0 Å². The highest BCUT2D eigenvalue weighted by Gasteiger charge is 2.23. The number of hydrogen-bond acceptors (Lipinski definition) is 0. The van der Waals surface area contributed by atoms with E-state index in [1.54, 1.807) is 12.1 Å². The fourth-order valence-corrected chi connectivity index (χ4v) is 1.91. The second-order valence-corrected chi connectivity index (χ2v) is 4.31. The van der Waals surface area contributed by atoms with Crippen molar-refractivity contribution in [2.75, 3.05) is 0 Å². The smallest absolute Gasteiger partial charge is 0.123 e. The molecule has 0 atom stereocenters. The summed E-state index contributed by atoms with van der Waals surface area (Å²) in [5, 5.41) is 0. The quantitative estimate of drug-likeness (QED) is 0.699. The SMILES string of the molecule is Fc1ccc(-c2c[c]c(C3CC3)cc2)cc1. The van der Waals surface area contributed by atoms with E-state index in [1.807, 2.05) is 6.07 Å². The molecular weight excluding hydrogens is 199 g/mol. The highest BCUT2D eigenvalue weighted by molar-refractivity contribution is 5.63. The summed E-state index contributed by atoms with van der Waals surface area (Å²) in [5.41, 5.74) is 3.45. The summed E-state index contributed by atoms with van der Waals surface area (Å²) in [6.07, 6.45) is 2.60. The highest BCUT2D eigenvalue weighted by Crippen LogP contribution is 2.40. The van der Waals surface area contributed by atoms with Crippen LogP contribution in [0.2, 0.25) is 0 Å². The molecule has 0 heterocycles. The van der Waals surface area contributed by atoms with Gasteiger partial charge in [-0.1, -0.05) is 24.3 Å². The van der Waals surface area contributed by atoms with Crippen molar-refractivity contribution in [3.63, 3.8) is 0 Å².